The standard InChI is InChI=1S/C6H6O.2Cd/c7-6-4-2-1-3-5-6;;/h1-5,7H;;. The van der Waals surface area contributed by atoms with Gasteiger partial charge in [-0.3, -0.25) is 0 Å². The number of para-hydroxylation sites is 1. The largest absolute Gasteiger partial charge is 0.508 e. The predicted molar refractivity (Wildman–Crippen MR) is 28.1 cm³/mol. The van der Waals surface area contributed by atoms with Gasteiger partial charge in [-0.15, -0.1) is 0 Å². The predicted octanol–water partition coefficient (Wildman–Crippen LogP) is 1.39. The summed E-state index contributed by atoms with van der Waals surface area (Å²) in [5.41, 5.74) is 0. The summed E-state index contributed by atoms with van der Waals surface area (Å²) >= 11 is 0. The fraction of sp³-hybridized carbons (Fsp3) is 0. The second kappa shape index (κ2) is 6.98. The second-order valence-corrected chi connectivity index (χ2v) is 1.34. The molecule has 1 N–H and O–H groups in total. The molecule has 0 saturated heterocycles. The van der Waals surface area contributed by atoms with Crippen molar-refractivity contribution in [2.24, 2.45) is 0 Å². The maximum absolute atomic E-state index is 8.63. The first kappa shape index (κ1) is 12.5. The maximum Gasteiger partial charge on any atom is 0.115 e. The summed E-state index contributed by atoms with van der Waals surface area (Å²) in [6, 6.07) is 8.71. The molecule has 0 atom stereocenters. The molecule has 0 bridgehead atoms. The van der Waals surface area contributed by atoms with Gasteiger partial charge in [-0.25, -0.2) is 0 Å². The van der Waals surface area contributed by atoms with E-state index < -0.39 is 0 Å². The van der Waals surface area contributed by atoms with Crippen LogP contribution in [0.2, 0.25) is 0 Å². The third-order valence-electron chi connectivity index (χ3n) is 0.756. The van der Waals surface area contributed by atoms with Crippen LogP contribution in [0.5, 0.6) is 5.75 Å². The first-order valence-corrected chi connectivity index (χ1v) is 2.13. The van der Waals surface area contributed by atoms with Crippen molar-refractivity contribution in [2.45, 2.75) is 0 Å². The summed E-state index contributed by atoms with van der Waals surface area (Å²) in [7, 11) is 0. The Morgan fingerprint density at radius 1 is 0.889 bits per heavy atom. The summed E-state index contributed by atoms with van der Waals surface area (Å²) in [5.74, 6) is 0.322. The van der Waals surface area contributed by atoms with Gasteiger partial charge in [-0.05, 0) is 12.1 Å². The molecule has 1 rings (SSSR count). The zero-order chi connectivity index (χ0) is 5.11. The van der Waals surface area contributed by atoms with E-state index in [0.29, 0.717) is 5.75 Å². The van der Waals surface area contributed by atoms with Crippen LogP contribution in [0.4, 0.5) is 0 Å². The molecule has 0 unspecified atom stereocenters. The van der Waals surface area contributed by atoms with E-state index in [4.69, 9.17) is 5.11 Å². The van der Waals surface area contributed by atoms with E-state index in [0.717, 1.165) is 0 Å². The van der Waals surface area contributed by atoms with E-state index in [-0.39, 0.29) is 54.6 Å². The van der Waals surface area contributed by atoms with Crippen LogP contribution in [-0.2, 0) is 54.6 Å². The third-order valence-corrected chi connectivity index (χ3v) is 0.756. The Balaban J connectivity index is 0. The van der Waals surface area contributed by atoms with Crippen molar-refractivity contribution >= 4 is 0 Å². The molecule has 9 heavy (non-hydrogen) atoms. The SMILES string of the molecule is Oc1ccccc1.[Cd].[Cd]. The molecule has 0 aliphatic rings. The monoisotopic (exact) mass is 322 g/mol. The molecule has 3 heteroatoms. The third kappa shape index (κ3) is 5.32. The van der Waals surface area contributed by atoms with Gasteiger partial charge in [-0.2, -0.15) is 0 Å². The molecule has 0 fully saturated rings. The Hall–Kier alpha value is 0.864. The van der Waals surface area contributed by atoms with Gasteiger partial charge in [0.2, 0.25) is 0 Å². The normalized spacial score (nSPS) is 6.67. The number of aromatic hydroxyl groups is 1. The first-order valence-electron chi connectivity index (χ1n) is 2.13. The van der Waals surface area contributed by atoms with Crippen LogP contribution in [0.25, 0.3) is 0 Å². The van der Waals surface area contributed by atoms with Crippen molar-refractivity contribution in [3.63, 3.8) is 0 Å². The van der Waals surface area contributed by atoms with Gasteiger partial charge in [0.1, 0.15) is 5.75 Å². The number of hydrogen-bond donors (Lipinski definition) is 1. The van der Waals surface area contributed by atoms with Crippen LogP contribution < -0.4 is 0 Å². The first-order chi connectivity index (χ1) is 3.39. The Kier molecular flexibility index (Phi) is 9.72. The Bertz CT molecular complexity index is 141. The summed E-state index contributed by atoms with van der Waals surface area (Å²) in [6.45, 7) is 0. The second-order valence-electron chi connectivity index (χ2n) is 1.34. The molecule has 0 amide bonds. The van der Waals surface area contributed by atoms with Crippen molar-refractivity contribution in [2.75, 3.05) is 0 Å². The molecule has 0 aliphatic carbocycles. The molecule has 0 radical (unpaired) electrons. The van der Waals surface area contributed by atoms with Gasteiger partial charge < -0.3 is 5.11 Å². The molecule has 0 saturated carbocycles. The zero-order valence-corrected chi connectivity index (χ0v) is 13.3. The van der Waals surface area contributed by atoms with Crippen molar-refractivity contribution < 1.29 is 59.7 Å². The van der Waals surface area contributed by atoms with Crippen molar-refractivity contribution in [1.82, 2.24) is 0 Å². The number of hydrogen-bond acceptors (Lipinski definition) is 1. The summed E-state index contributed by atoms with van der Waals surface area (Å²) in [6.07, 6.45) is 0. The fourth-order valence-electron chi connectivity index (χ4n) is 0.428. The van der Waals surface area contributed by atoms with Crippen molar-refractivity contribution in [3.8, 4) is 5.75 Å². The molecule has 0 aromatic heterocycles. The molecule has 40 valence electrons. The van der Waals surface area contributed by atoms with E-state index in [1.54, 1.807) is 24.3 Å². The molecule has 0 spiro atoms. The average Bonchev–Trinajstić information content (AvgIpc) is 1.69. The summed E-state index contributed by atoms with van der Waals surface area (Å²) < 4.78 is 0. The van der Waals surface area contributed by atoms with Crippen LogP contribution in [0.3, 0.4) is 0 Å². The van der Waals surface area contributed by atoms with Gasteiger partial charge in [0.25, 0.3) is 0 Å². The smallest absolute Gasteiger partial charge is 0.115 e. The van der Waals surface area contributed by atoms with E-state index in [9.17, 15) is 0 Å². The minimum atomic E-state index is 0. The van der Waals surface area contributed by atoms with Crippen molar-refractivity contribution in [1.29, 1.82) is 0 Å². The summed E-state index contributed by atoms with van der Waals surface area (Å²) in [5, 5.41) is 8.63. The zero-order valence-electron chi connectivity index (χ0n) is 5.25. The molecule has 1 nitrogen and oxygen atoms in total. The number of phenols is 1. The topological polar surface area (TPSA) is 20.2 Å². The van der Waals surface area contributed by atoms with E-state index >= 15 is 0 Å². The average molecular weight is 319 g/mol. The van der Waals surface area contributed by atoms with Crippen LogP contribution >= 0.6 is 0 Å². The molecule has 0 heterocycles. The van der Waals surface area contributed by atoms with Crippen LogP contribution in [-0.4, -0.2) is 5.11 Å². The Morgan fingerprint density at radius 2 is 1.33 bits per heavy atom. The minimum Gasteiger partial charge on any atom is -0.508 e. The molecular formula is C6H6Cd2O. The molecular weight excluding hydrogens is 313 g/mol. The van der Waals surface area contributed by atoms with Gasteiger partial charge in [0.05, 0.1) is 0 Å². The quantitative estimate of drug-likeness (QED) is 0.717. The van der Waals surface area contributed by atoms with E-state index in [1.165, 1.54) is 0 Å². The number of phenolic OH excluding ortho intramolecular Hbond substituents is 1. The van der Waals surface area contributed by atoms with E-state index in [1.807, 2.05) is 6.07 Å². The maximum atomic E-state index is 8.63. The van der Waals surface area contributed by atoms with Crippen LogP contribution in [0.1, 0.15) is 0 Å². The number of rotatable bonds is 0. The van der Waals surface area contributed by atoms with Gasteiger partial charge in [0, 0.05) is 54.6 Å². The Labute approximate surface area is 94.8 Å². The van der Waals surface area contributed by atoms with Gasteiger partial charge >= 0.3 is 0 Å². The van der Waals surface area contributed by atoms with Crippen LogP contribution in [0, 0.1) is 0 Å². The van der Waals surface area contributed by atoms with Gasteiger partial charge in [-0.1, -0.05) is 18.2 Å². The van der Waals surface area contributed by atoms with E-state index in [2.05, 4.69) is 0 Å². The van der Waals surface area contributed by atoms with Crippen molar-refractivity contribution in [3.05, 3.63) is 30.3 Å². The Morgan fingerprint density at radius 3 is 1.56 bits per heavy atom. The minimum absolute atomic E-state index is 0. The van der Waals surface area contributed by atoms with Gasteiger partial charge in [0.15, 0.2) is 0 Å². The fourth-order valence-corrected chi connectivity index (χ4v) is 0.428. The summed E-state index contributed by atoms with van der Waals surface area (Å²) in [4.78, 5) is 0. The van der Waals surface area contributed by atoms with Crippen LogP contribution in [0.15, 0.2) is 30.3 Å². The molecule has 1 aromatic rings. The number of benzene rings is 1. The molecule has 1 aromatic carbocycles. The molecule has 0 aliphatic heterocycles.